The molecule has 0 unspecified atom stereocenters. The summed E-state index contributed by atoms with van der Waals surface area (Å²) in [6, 6.07) is 5.88. The molecular formula is C35H31BrF6O6. The van der Waals surface area contributed by atoms with Gasteiger partial charge in [0.25, 0.3) is 0 Å². The maximum atomic E-state index is 13.6. The summed E-state index contributed by atoms with van der Waals surface area (Å²) in [4.78, 5) is 32.5. The van der Waals surface area contributed by atoms with Gasteiger partial charge in [-0.25, -0.2) is 40.7 Å². The van der Waals surface area contributed by atoms with Gasteiger partial charge in [0.1, 0.15) is 51.6 Å². The molecule has 0 aliphatic carbocycles. The highest BCUT2D eigenvalue weighted by molar-refractivity contribution is 9.10. The number of benzene rings is 3. The molecule has 1 N–H and O–H groups in total. The summed E-state index contributed by atoms with van der Waals surface area (Å²) in [5, 5.41) is 8.58. The average molecular weight is 742 g/mol. The number of aromatic carboxylic acids is 1. The molecule has 48 heavy (non-hydrogen) atoms. The molecule has 0 atom stereocenters. The Bertz CT molecular complexity index is 1750. The standard InChI is InChI=1S/C14H14F2O2.C13H12F2O2.C8H5BrF2O2/c1-14(2,3)6-5-9-7-10(15)12(11(16)8-9)13(17)18-4;1-13(2,3)5-4-8-6-9(14)11(12(16)17)10(15)7-8;1-13-8(12)7-5(10)2-4(9)3-6(7)11/h7-8H,1-4H3;6-7H,1-3H3,(H,16,17);2-3H,1H3. The third-order valence-corrected chi connectivity index (χ3v) is 5.71. The molecule has 0 spiro atoms. The van der Waals surface area contributed by atoms with E-state index in [1.807, 2.05) is 41.5 Å². The van der Waals surface area contributed by atoms with Crippen LogP contribution in [-0.4, -0.2) is 37.2 Å². The van der Waals surface area contributed by atoms with Crippen molar-refractivity contribution in [3.8, 4) is 23.7 Å². The van der Waals surface area contributed by atoms with E-state index in [2.05, 4.69) is 49.1 Å². The van der Waals surface area contributed by atoms with Gasteiger partial charge >= 0.3 is 17.9 Å². The molecule has 0 fully saturated rings. The molecule has 3 aromatic rings. The molecule has 0 aliphatic rings. The largest absolute Gasteiger partial charge is 0.477 e. The maximum Gasteiger partial charge on any atom is 0.343 e. The monoisotopic (exact) mass is 740 g/mol. The highest BCUT2D eigenvalue weighted by Crippen LogP contribution is 2.21. The molecule has 3 rings (SSSR count). The first kappa shape index (κ1) is 41.3. The van der Waals surface area contributed by atoms with Crippen LogP contribution >= 0.6 is 15.9 Å². The minimum absolute atomic E-state index is 0.125. The summed E-state index contributed by atoms with van der Waals surface area (Å²) < 4.78 is 88.4. The quantitative estimate of drug-likeness (QED) is 0.164. The van der Waals surface area contributed by atoms with E-state index in [9.17, 15) is 40.7 Å². The first-order chi connectivity index (χ1) is 22.0. The molecule has 0 aromatic heterocycles. The summed E-state index contributed by atoms with van der Waals surface area (Å²) in [6.07, 6.45) is 0. The fraction of sp³-hybridized carbons (Fsp3) is 0.286. The van der Waals surface area contributed by atoms with Crippen molar-refractivity contribution in [2.24, 2.45) is 10.8 Å². The van der Waals surface area contributed by atoms with E-state index in [-0.39, 0.29) is 26.4 Å². The van der Waals surface area contributed by atoms with E-state index >= 15 is 0 Å². The van der Waals surface area contributed by atoms with Crippen molar-refractivity contribution < 1.29 is 55.3 Å². The zero-order valence-corrected chi connectivity index (χ0v) is 28.7. The fourth-order valence-electron chi connectivity index (χ4n) is 3.15. The predicted octanol–water partition coefficient (Wildman–Crippen LogP) is 8.72. The van der Waals surface area contributed by atoms with Crippen LogP contribution in [0.25, 0.3) is 0 Å². The third-order valence-electron chi connectivity index (χ3n) is 5.25. The Morgan fingerprint density at radius 3 is 1.10 bits per heavy atom. The van der Waals surface area contributed by atoms with Crippen molar-refractivity contribution in [2.45, 2.75) is 41.5 Å². The van der Waals surface area contributed by atoms with Gasteiger partial charge in [0.2, 0.25) is 0 Å². The van der Waals surface area contributed by atoms with E-state index in [4.69, 9.17) is 5.11 Å². The van der Waals surface area contributed by atoms with Crippen LogP contribution in [0.5, 0.6) is 0 Å². The molecule has 0 amide bonds. The number of rotatable bonds is 3. The summed E-state index contributed by atoms with van der Waals surface area (Å²) in [5.41, 5.74) is -2.57. The van der Waals surface area contributed by atoms with E-state index < -0.39 is 69.5 Å². The second-order valence-corrected chi connectivity index (χ2v) is 12.6. The van der Waals surface area contributed by atoms with Crippen molar-refractivity contribution in [3.63, 3.8) is 0 Å². The Morgan fingerprint density at radius 2 is 0.854 bits per heavy atom. The number of carbonyl (C=O) groups is 3. The Balaban J connectivity index is 0.000000365. The summed E-state index contributed by atoms with van der Waals surface area (Å²) >= 11 is 2.89. The van der Waals surface area contributed by atoms with Gasteiger partial charge in [-0.05, 0) is 77.9 Å². The minimum atomic E-state index is -1.63. The lowest BCUT2D eigenvalue weighted by atomic mass is 9.97. The number of carboxylic acids is 1. The van der Waals surface area contributed by atoms with E-state index in [0.717, 1.165) is 50.6 Å². The molecule has 3 aromatic carbocycles. The van der Waals surface area contributed by atoms with E-state index in [0.29, 0.717) is 0 Å². The second-order valence-electron chi connectivity index (χ2n) is 11.7. The smallest absolute Gasteiger partial charge is 0.343 e. The Labute approximate surface area is 282 Å². The highest BCUT2D eigenvalue weighted by Gasteiger charge is 2.20. The van der Waals surface area contributed by atoms with Crippen LogP contribution in [0.4, 0.5) is 26.3 Å². The number of methoxy groups -OCH3 is 2. The molecule has 13 heteroatoms. The lowest BCUT2D eigenvalue weighted by Crippen LogP contribution is -2.08. The van der Waals surface area contributed by atoms with Crippen LogP contribution in [0.1, 0.15) is 83.7 Å². The number of esters is 2. The normalized spacial score (nSPS) is 10.4. The minimum Gasteiger partial charge on any atom is -0.477 e. The van der Waals surface area contributed by atoms with Crippen molar-refractivity contribution >= 4 is 33.8 Å². The number of ether oxygens (including phenoxy) is 2. The first-order valence-corrected chi connectivity index (χ1v) is 14.4. The SMILES string of the molecule is CC(C)(C)C#Cc1cc(F)c(C(=O)O)c(F)c1.COC(=O)c1c(F)cc(Br)cc1F.COC(=O)c1c(F)cc(C#CC(C)(C)C)cc1F. The van der Waals surface area contributed by atoms with Crippen LogP contribution in [0.15, 0.2) is 40.9 Å². The van der Waals surface area contributed by atoms with Crippen LogP contribution in [0.2, 0.25) is 0 Å². The summed E-state index contributed by atoms with van der Waals surface area (Å²) in [5.74, 6) is 1.18. The number of hydrogen-bond donors (Lipinski definition) is 1. The zero-order valence-electron chi connectivity index (χ0n) is 27.1. The van der Waals surface area contributed by atoms with Gasteiger partial charge in [-0.15, -0.1) is 0 Å². The highest BCUT2D eigenvalue weighted by atomic mass is 79.9. The molecule has 0 saturated heterocycles. The van der Waals surface area contributed by atoms with Crippen molar-refractivity contribution in [1.29, 1.82) is 0 Å². The zero-order chi connectivity index (χ0) is 37.1. The maximum absolute atomic E-state index is 13.6. The number of carbonyl (C=O) groups excluding carboxylic acids is 2. The van der Waals surface area contributed by atoms with Crippen molar-refractivity contribution in [3.05, 3.63) is 104 Å². The molecule has 6 nitrogen and oxygen atoms in total. The Kier molecular flexibility index (Phi) is 15.0. The van der Waals surface area contributed by atoms with Gasteiger partial charge in [-0.3, -0.25) is 0 Å². The molecule has 256 valence electrons. The fourth-order valence-corrected chi connectivity index (χ4v) is 3.55. The molecule has 0 heterocycles. The number of carboxylic acid groups (broad SMARTS) is 1. The molecular weight excluding hydrogens is 710 g/mol. The third kappa shape index (κ3) is 13.2. The predicted molar refractivity (Wildman–Crippen MR) is 169 cm³/mol. The van der Waals surface area contributed by atoms with Gasteiger partial charge in [-0.1, -0.05) is 39.6 Å². The molecule has 0 aliphatic heterocycles. The number of halogens is 7. The van der Waals surface area contributed by atoms with Gasteiger partial charge in [0, 0.05) is 26.4 Å². The Morgan fingerprint density at radius 1 is 0.583 bits per heavy atom. The summed E-state index contributed by atoms with van der Waals surface area (Å²) in [6.45, 7) is 11.2. The van der Waals surface area contributed by atoms with E-state index in [1.165, 1.54) is 0 Å². The van der Waals surface area contributed by atoms with Crippen molar-refractivity contribution in [1.82, 2.24) is 0 Å². The van der Waals surface area contributed by atoms with Crippen LogP contribution < -0.4 is 0 Å². The first-order valence-electron chi connectivity index (χ1n) is 13.6. The van der Waals surface area contributed by atoms with Gasteiger partial charge in [-0.2, -0.15) is 0 Å². The van der Waals surface area contributed by atoms with Gasteiger partial charge in [0.15, 0.2) is 0 Å². The molecule has 0 saturated carbocycles. The average Bonchev–Trinajstić information content (AvgIpc) is 2.93. The lowest BCUT2D eigenvalue weighted by Gasteiger charge is -2.07. The van der Waals surface area contributed by atoms with E-state index in [1.54, 1.807) is 0 Å². The van der Waals surface area contributed by atoms with Crippen molar-refractivity contribution in [2.75, 3.05) is 14.2 Å². The Hall–Kier alpha value is -4.75. The van der Waals surface area contributed by atoms with Gasteiger partial charge in [0.05, 0.1) is 14.2 Å². The van der Waals surface area contributed by atoms with Crippen LogP contribution in [0, 0.1) is 69.4 Å². The second kappa shape index (κ2) is 17.4. The molecule has 0 bridgehead atoms. The summed E-state index contributed by atoms with van der Waals surface area (Å²) in [7, 11) is 2.12. The van der Waals surface area contributed by atoms with Crippen LogP contribution in [-0.2, 0) is 9.47 Å². The lowest BCUT2D eigenvalue weighted by molar-refractivity contribution is 0.0580. The van der Waals surface area contributed by atoms with Crippen LogP contribution in [0.3, 0.4) is 0 Å². The molecule has 0 radical (unpaired) electrons. The topological polar surface area (TPSA) is 89.9 Å². The van der Waals surface area contributed by atoms with Gasteiger partial charge < -0.3 is 14.6 Å². The number of hydrogen-bond acceptors (Lipinski definition) is 5.